The van der Waals surface area contributed by atoms with E-state index in [1.807, 2.05) is 7.05 Å². The summed E-state index contributed by atoms with van der Waals surface area (Å²) >= 11 is 2.07. The van der Waals surface area contributed by atoms with Crippen molar-refractivity contribution in [1.29, 1.82) is 0 Å². The monoisotopic (exact) mass is 203 g/mol. The molecule has 0 fully saturated rings. The number of rotatable bonds is 3. The quantitative estimate of drug-likeness (QED) is 0.756. The van der Waals surface area contributed by atoms with Gasteiger partial charge in [-0.1, -0.05) is 41.5 Å². The Morgan fingerprint density at radius 1 is 1.08 bits per heavy atom. The summed E-state index contributed by atoms with van der Waals surface area (Å²) in [6.07, 6.45) is 0. The van der Waals surface area contributed by atoms with E-state index in [1.165, 1.54) is 0 Å². The number of nitrogens with one attached hydrogen (secondary N) is 1. The summed E-state index contributed by atoms with van der Waals surface area (Å²) < 4.78 is 0.356. The molecule has 13 heavy (non-hydrogen) atoms. The third kappa shape index (κ3) is 6.39. The smallest absolute Gasteiger partial charge is 0.0226 e. The van der Waals surface area contributed by atoms with Crippen molar-refractivity contribution in [2.24, 2.45) is 5.41 Å². The molecule has 0 rings (SSSR count). The first-order valence-corrected chi connectivity index (χ1v) is 5.87. The lowest BCUT2D eigenvalue weighted by Gasteiger charge is -2.35. The van der Waals surface area contributed by atoms with Crippen LogP contribution in [0.2, 0.25) is 0 Å². The average molecular weight is 203 g/mol. The molecular weight excluding hydrogens is 178 g/mol. The average Bonchev–Trinajstić information content (AvgIpc) is 1.81. The van der Waals surface area contributed by atoms with Crippen LogP contribution in [-0.4, -0.2) is 23.6 Å². The van der Waals surface area contributed by atoms with Crippen LogP contribution in [0.3, 0.4) is 0 Å². The molecule has 0 radical (unpaired) electrons. The lowest BCUT2D eigenvalue weighted by molar-refractivity contribution is 0.384. The van der Waals surface area contributed by atoms with Crippen molar-refractivity contribution in [2.75, 3.05) is 13.6 Å². The SMILES string of the molecule is CNCC(SC(C)(C)C)C(C)(C)C. The zero-order valence-corrected chi connectivity index (χ0v) is 11.0. The minimum atomic E-state index is 0.356. The first-order chi connectivity index (χ1) is 5.67. The molecule has 0 aromatic rings. The van der Waals surface area contributed by atoms with Gasteiger partial charge in [-0.05, 0) is 12.5 Å². The van der Waals surface area contributed by atoms with Crippen molar-refractivity contribution in [3.05, 3.63) is 0 Å². The van der Waals surface area contributed by atoms with Crippen molar-refractivity contribution in [3.63, 3.8) is 0 Å². The van der Waals surface area contributed by atoms with Crippen LogP contribution < -0.4 is 5.32 Å². The zero-order valence-electron chi connectivity index (χ0n) is 10.2. The van der Waals surface area contributed by atoms with Crippen molar-refractivity contribution in [3.8, 4) is 0 Å². The fourth-order valence-electron chi connectivity index (χ4n) is 1.14. The molecule has 0 saturated heterocycles. The van der Waals surface area contributed by atoms with Crippen LogP contribution in [0.15, 0.2) is 0 Å². The Labute approximate surface area is 88.1 Å². The van der Waals surface area contributed by atoms with Gasteiger partial charge in [-0.2, -0.15) is 11.8 Å². The van der Waals surface area contributed by atoms with Crippen LogP contribution >= 0.6 is 11.8 Å². The van der Waals surface area contributed by atoms with E-state index in [0.717, 1.165) is 6.54 Å². The number of hydrogen-bond donors (Lipinski definition) is 1. The van der Waals surface area contributed by atoms with E-state index < -0.39 is 0 Å². The molecule has 0 aromatic carbocycles. The van der Waals surface area contributed by atoms with E-state index in [0.29, 0.717) is 15.4 Å². The molecular formula is C11H25NS. The molecule has 1 nitrogen and oxygen atoms in total. The summed E-state index contributed by atoms with van der Waals surface area (Å²) in [6.45, 7) is 14.9. The van der Waals surface area contributed by atoms with Gasteiger partial charge in [-0.3, -0.25) is 0 Å². The standard InChI is InChI=1S/C11H25NS/c1-10(2,3)9(8-12-7)13-11(4,5)6/h9,12H,8H2,1-7H3. The largest absolute Gasteiger partial charge is 0.319 e. The van der Waals surface area contributed by atoms with E-state index in [2.05, 4.69) is 58.6 Å². The lowest BCUT2D eigenvalue weighted by atomic mass is 9.92. The first kappa shape index (κ1) is 13.3. The molecule has 0 heterocycles. The third-order valence-corrected chi connectivity index (χ3v) is 3.72. The molecule has 2 heteroatoms. The van der Waals surface area contributed by atoms with E-state index in [9.17, 15) is 0 Å². The zero-order chi connectivity index (χ0) is 10.7. The van der Waals surface area contributed by atoms with Crippen molar-refractivity contribution in [2.45, 2.75) is 51.5 Å². The lowest BCUT2D eigenvalue weighted by Crippen LogP contribution is -2.35. The van der Waals surface area contributed by atoms with Crippen LogP contribution in [0, 0.1) is 5.41 Å². The van der Waals surface area contributed by atoms with Crippen molar-refractivity contribution in [1.82, 2.24) is 5.32 Å². The second-order valence-corrected chi connectivity index (χ2v) is 7.67. The molecule has 0 amide bonds. The molecule has 0 bridgehead atoms. The normalized spacial score (nSPS) is 15.9. The Morgan fingerprint density at radius 3 is 1.77 bits per heavy atom. The second kappa shape index (κ2) is 4.70. The molecule has 1 unspecified atom stereocenters. The van der Waals surface area contributed by atoms with Gasteiger partial charge in [0.1, 0.15) is 0 Å². The number of thioether (sulfide) groups is 1. The molecule has 0 aliphatic heterocycles. The van der Waals surface area contributed by atoms with Crippen molar-refractivity contribution < 1.29 is 0 Å². The molecule has 1 N–H and O–H groups in total. The summed E-state index contributed by atoms with van der Waals surface area (Å²) in [5, 5.41) is 3.95. The van der Waals surface area contributed by atoms with Crippen LogP contribution in [0.1, 0.15) is 41.5 Å². The highest BCUT2D eigenvalue weighted by atomic mass is 32.2. The summed E-state index contributed by atoms with van der Waals surface area (Å²) in [5.41, 5.74) is 0.376. The number of hydrogen-bond acceptors (Lipinski definition) is 2. The predicted molar refractivity (Wildman–Crippen MR) is 64.5 cm³/mol. The Morgan fingerprint density at radius 2 is 1.54 bits per heavy atom. The molecule has 0 aliphatic carbocycles. The summed E-state index contributed by atoms with van der Waals surface area (Å²) in [5.74, 6) is 0. The van der Waals surface area contributed by atoms with Crippen LogP contribution in [-0.2, 0) is 0 Å². The van der Waals surface area contributed by atoms with Gasteiger partial charge in [-0.25, -0.2) is 0 Å². The van der Waals surface area contributed by atoms with E-state index in [-0.39, 0.29) is 0 Å². The van der Waals surface area contributed by atoms with E-state index in [4.69, 9.17) is 0 Å². The Kier molecular flexibility index (Phi) is 4.81. The topological polar surface area (TPSA) is 12.0 Å². The van der Waals surface area contributed by atoms with Gasteiger partial charge < -0.3 is 5.32 Å². The summed E-state index contributed by atoms with van der Waals surface area (Å²) in [4.78, 5) is 0. The Balaban J connectivity index is 4.27. The van der Waals surface area contributed by atoms with Gasteiger partial charge in [0.15, 0.2) is 0 Å². The van der Waals surface area contributed by atoms with Gasteiger partial charge in [0, 0.05) is 16.5 Å². The molecule has 0 aliphatic rings. The van der Waals surface area contributed by atoms with Gasteiger partial charge >= 0.3 is 0 Å². The predicted octanol–water partition coefficient (Wildman–Crippen LogP) is 3.15. The second-order valence-electron chi connectivity index (χ2n) is 5.64. The Hall–Kier alpha value is 0.310. The van der Waals surface area contributed by atoms with Gasteiger partial charge in [0.25, 0.3) is 0 Å². The molecule has 0 aromatic heterocycles. The van der Waals surface area contributed by atoms with Gasteiger partial charge in [-0.15, -0.1) is 0 Å². The minimum absolute atomic E-state index is 0.356. The molecule has 0 saturated carbocycles. The van der Waals surface area contributed by atoms with Crippen LogP contribution in [0.4, 0.5) is 0 Å². The molecule has 0 spiro atoms. The Bertz CT molecular complexity index is 141. The summed E-state index contributed by atoms with van der Waals surface area (Å²) in [7, 11) is 2.03. The maximum atomic E-state index is 3.28. The summed E-state index contributed by atoms with van der Waals surface area (Å²) in [6, 6.07) is 0. The van der Waals surface area contributed by atoms with Gasteiger partial charge in [0.05, 0.1) is 0 Å². The van der Waals surface area contributed by atoms with Crippen molar-refractivity contribution >= 4 is 11.8 Å². The maximum absolute atomic E-state index is 3.28. The highest BCUT2D eigenvalue weighted by Crippen LogP contribution is 2.37. The fourth-order valence-corrected chi connectivity index (χ4v) is 2.59. The maximum Gasteiger partial charge on any atom is 0.0226 e. The van der Waals surface area contributed by atoms with Gasteiger partial charge in [0.2, 0.25) is 0 Å². The van der Waals surface area contributed by atoms with E-state index >= 15 is 0 Å². The highest BCUT2D eigenvalue weighted by molar-refractivity contribution is 8.01. The first-order valence-electron chi connectivity index (χ1n) is 4.99. The molecule has 80 valence electrons. The highest BCUT2D eigenvalue weighted by Gasteiger charge is 2.28. The third-order valence-electron chi connectivity index (χ3n) is 1.85. The minimum Gasteiger partial charge on any atom is -0.319 e. The van der Waals surface area contributed by atoms with E-state index in [1.54, 1.807) is 0 Å². The van der Waals surface area contributed by atoms with Crippen LogP contribution in [0.25, 0.3) is 0 Å². The fraction of sp³-hybridized carbons (Fsp3) is 1.00. The van der Waals surface area contributed by atoms with Crippen LogP contribution in [0.5, 0.6) is 0 Å². The molecule has 1 atom stereocenters.